The summed E-state index contributed by atoms with van der Waals surface area (Å²) in [6.45, 7) is 0. The second-order valence-corrected chi connectivity index (χ2v) is 7.24. The van der Waals surface area contributed by atoms with E-state index in [0.29, 0.717) is 5.58 Å². The number of amides is 1. The number of furan rings is 1. The maximum atomic E-state index is 12.4. The van der Waals surface area contributed by atoms with Gasteiger partial charge in [-0.3, -0.25) is 4.79 Å². The first-order valence-electron chi connectivity index (χ1n) is 7.58. The van der Waals surface area contributed by atoms with E-state index in [1.807, 2.05) is 35.1 Å². The summed E-state index contributed by atoms with van der Waals surface area (Å²) in [4.78, 5) is 12.4. The molecule has 0 unspecified atom stereocenters. The van der Waals surface area contributed by atoms with E-state index in [4.69, 9.17) is 4.42 Å². The van der Waals surface area contributed by atoms with Crippen LogP contribution in [-0.2, 0) is 10.0 Å². The van der Waals surface area contributed by atoms with Crippen LogP contribution >= 0.6 is 0 Å². The number of fused-ring (bicyclic) bond motifs is 3. The number of carbonyl (C=O) groups is 1. The first-order chi connectivity index (χ1) is 12.0. The number of sulfonamides is 1. The van der Waals surface area contributed by atoms with E-state index >= 15 is 0 Å². The van der Waals surface area contributed by atoms with Gasteiger partial charge in [0.05, 0.1) is 4.90 Å². The summed E-state index contributed by atoms with van der Waals surface area (Å²) in [7, 11) is -3.95. The maximum absolute atomic E-state index is 12.4. The predicted molar refractivity (Wildman–Crippen MR) is 94.8 cm³/mol. The Balaban J connectivity index is 1.72. The molecular formula is C19H13NO4S. The Bertz CT molecular complexity index is 1190. The quantitative estimate of drug-likeness (QED) is 0.610. The number of benzene rings is 3. The van der Waals surface area contributed by atoms with Gasteiger partial charge in [0.15, 0.2) is 5.76 Å². The van der Waals surface area contributed by atoms with Gasteiger partial charge >= 0.3 is 5.91 Å². The highest BCUT2D eigenvalue weighted by molar-refractivity contribution is 7.90. The summed E-state index contributed by atoms with van der Waals surface area (Å²) in [5.41, 5.74) is 0.529. The Kier molecular flexibility index (Phi) is 3.54. The van der Waals surface area contributed by atoms with Crippen LogP contribution in [0.5, 0.6) is 0 Å². The molecule has 5 nitrogen and oxygen atoms in total. The molecule has 0 saturated heterocycles. The zero-order chi connectivity index (χ0) is 17.4. The van der Waals surface area contributed by atoms with E-state index in [-0.39, 0.29) is 10.7 Å². The molecule has 0 fully saturated rings. The van der Waals surface area contributed by atoms with E-state index in [1.165, 1.54) is 12.1 Å². The van der Waals surface area contributed by atoms with Crippen LogP contribution in [0.15, 0.2) is 82.1 Å². The summed E-state index contributed by atoms with van der Waals surface area (Å²) in [5.74, 6) is -0.852. The predicted octanol–water partition coefficient (Wildman–Crippen LogP) is 3.70. The minimum Gasteiger partial charge on any atom is -0.451 e. The zero-order valence-electron chi connectivity index (χ0n) is 13.0. The highest BCUT2D eigenvalue weighted by Gasteiger charge is 2.21. The van der Waals surface area contributed by atoms with Gasteiger partial charge < -0.3 is 4.42 Å². The molecule has 1 amide bonds. The second-order valence-electron chi connectivity index (χ2n) is 5.56. The number of hydrogen-bond donors (Lipinski definition) is 1. The molecule has 0 radical (unpaired) electrons. The smallest absolute Gasteiger partial charge is 0.300 e. The molecule has 0 aliphatic carbocycles. The molecule has 3 aromatic carbocycles. The molecule has 1 aromatic heterocycles. The number of hydrogen-bond acceptors (Lipinski definition) is 4. The SMILES string of the molecule is O=C(NS(=O)(=O)c1ccccc1)c1cc2c(ccc3ccccc32)o1. The van der Waals surface area contributed by atoms with E-state index < -0.39 is 15.9 Å². The average Bonchev–Trinajstić information content (AvgIpc) is 3.07. The molecule has 0 bridgehead atoms. The lowest BCUT2D eigenvalue weighted by molar-refractivity contribution is 0.0956. The summed E-state index contributed by atoms with van der Waals surface area (Å²) in [6, 6.07) is 20.6. The molecule has 1 heterocycles. The molecular weight excluding hydrogens is 338 g/mol. The van der Waals surface area contributed by atoms with Gasteiger partial charge in [-0.1, -0.05) is 48.5 Å². The molecule has 0 spiro atoms. The van der Waals surface area contributed by atoms with E-state index in [2.05, 4.69) is 0 Å². The van der Waals surface area contributed by atoms with Crippen LogP contribution < -0.4 is 4.72 Å². The van der Waals surface area contributed by atoms with Gasteiger partial charge in [0, 0.05) is 5.39 Å². The third kappa shape index (κ3) is 2.77. The number of carbonyl (C=O) groups excluding carboxylic acids is 1. The number of rotatable bonds is 3. The minimum atomic E-state index is -3.95. The van der Waals surface area contributed by atoms with Crippen LogP contribution in [0.2, 0.25) is 0 Å². The maximum Gasteiger partial charge on any atom is 0.300 e. The van der Waals surface area contributed by atoms with Crippen molar-refractivity contribution in [3.63, 3.8) is 0 Å². The Labute approximate surface area is 143 Å². The lowest BCUT2D eigenvalue weighted by atomic mass is 10.1. The van der Waals surface area contributed by atoms with E-state index in [9.17, 15) is 13.2 Å². The summed E-state index contributed by atoms with van der Waals surface area (Å²) >= 11 is 0. The van der Waals surface area contributed by atoms with Gasteiger partial charge in [-0.05, 0) is 35.0 Å². The lowest BCUT2D eigenvalue weighted by Crippen LogP contribution is -2.30. The third-order valence-corrected chi connectivity index (χ3v) is 5.28. The van der Waals surface area contributed by atoms with Gasteiger partial charge in [-0.2, -0.15) is 0 Å². The Morgan fingerprint density at radius 2 is 1.56 bits per heavy atom. The normalized spacial score (nSPS) is 11.7. The molecule has 124 valence electrons. The van der Waals surface area contributed by atoms with Crippen molar-refractivity contribution in [2.75, 3.05) is 0 Å². The number of nitrogens with one attached hydrogen (secondary N) is 1. The molecule has 0 saturated carbocycles. The van der Waals surface area contributed by atoms with Crippen LogP contribution in [0.3, 0.4) is 0 Å². The van der Waals surface area contributed by atoms with Crippen molar-refractivity contribution in [2.24, 2.45) is 0 Å². The van der Waals surface area contributed by atoms with Gasteiger partial charge in [0.1, 0.15) is 5.58 Å². The van der Waals surface area contributed by atoms with Gasteiger partial charge in [-0.15, -0.1) is 0 Å². The zero-order valence-corrected chi connectivity index (χ0v) is 13.8. The highest BCUT2D eigenvalue weighted by Crippen LogP contribution is 2.28. The van der Waals surface area contributed by atoms with Crippen LogP contribution in [0.25, 0.3) is 21.7 Å². The Morgan fingerprint density at radius 1 is 0.840 bits per heavy atom. The van der Waals surface area contributed by atoms with Crippen molar-refractivity contribution in [3.8, 4) is 0 Å². The van der Waals surface area contributed by atoms with Crippen molar-refractivity contribution in [1.82, 2.24) is 4.72 Å². The van der Waals surface area contributed by atoms with Crippen LogP contribution in [0.1, 0.15) is 10.6 Å². The van der Waals surface area contributed by atoms with E-state index in [0.717, 1.165) is 16.2 Å². The average molecular weight is 351 g/mol. The fourth-order valence-electron chi connectivity index (χ4n) is 2.74. The van der Waals surface area contributed by atoms with Crippen molar-refractivity contribution in [2.45, 2.75) is 4.90 Å². The van der Waals surface area contributed by atoms with Crippen LogP contribution in [-0.4, -0.2) is 14.3 Å². The van der Waals surface area contributed by atoms with Crippen molar-refractivity contribution in [1.29, 1.82) is 0 Å². The van der Waals surface area contributed by atoms with Crippen LogP contribution in [0, 0.1) is 0 Å². The summed E-state index contributed by atoms with van der Waals surface area (Å²) in [6.07, 6.45) is 0. The second kappa shape index (κ2) is 5.75. The molecule has 4 aromatic rings. The molecule has 0 atom stereocenters. The highest BCUT2D eigenvalue weighted by atomic mass is 32.2. The molecule has 0 aliphatic heterocycles. The molecule has 1 N–H and O–H groups in total. The standard InChI is InChI=1S/C19H13NO4S/c21-19(20-25(22,23)14-7-2-1-3-8-14)18-12-16-15-9-5-4-6-13(15)10-11-17(16)24-18/h1-12H,(H,20,21). The summed E-state index contributed by atoms with van der Waals surface area (Å²) in [5, 5.41) is 2.72. The van der Waals surface area contributed by atoms with E-state index in [1.54, 1.807) is 30.3 Å². The fourth-order valence-corrected chi connectivity index (χ4v) is 3.71. The minimum absolute atomic E-state index is 0.0184. The van der Waals surface area contributed by atoms with Crippen LogP contribution in [0.4, 0.5) is 0 Å². The Hall–Kier alpha value is -3.12. The van der Waals surface area contributed by atoms with Crippen molar-refractivity contribution < 1.29 is 17.6 Å². The molecule has 4 rings (SSSR count). The monoisotopic (exact) mass is 351 g/mol. The topological polar surface area (TPSA) is 76.4 Å². The van der Waals surface area contributed by atoms with Crippen molar-refractivity contribution >= 4 is 37.7 Å². The van der Waals surface area contributed by atoms with Crippen molar-refractivity contribution in [3.05, 3.63) is 78.6 Å². The van der Waals surface area contributed by atoms with Gasteiger partial charge in [0.25, 0.3) is 10.0 Å². The first kappa shape index (κ1) is 15.4. The summed E-state index contributed by atoms with van der Waals surface area (Å²) < 4.78 is 32.1. The molecule has 25 heavy (non-hydrogen) atoms. The Morgan fingerprint density at radius 3 is 2.36 bits per heavy atom. The lowest BCUT2D eigenvalue weighted by Gasteiger charge is -2.04. The van der Waals surface area contributed by atoms with Gasteiger partial charge in [-0.25, -0.2) is 13.1 Å². The first-order valence-corrected chi connectivity index (χ1v) is 9.06. The van der Waals surface area contributed by atoms with Gasteiger partial charge in [0.2, 0.25) is 0 Å². The fraction of sp³-hybridized carbons (Fsp3) is 0. The molecule has 6 heteroatoms. The molecule has 0 aliphatic rings. The third-order valence-electron chi connectivity index (χ3n) is 3.93. The largest absolute Gasteiger partial charge is 0.451 e.